The Morgan fingerprint density at radius 3 is 2.60 bits per heavy atom. The average molecular weight is 341 g/mol. The van der Waals surface area contributed by atoms with Crippen molar-refractivity contribution in [3.8, 4) is 11.5 Å². The summed E-state index contributed by atoms with van der Waals surface area (Å²) in [6.45, 7) is 0.202. The van der Waals surface area contributed by atoms with Gasteiger partial charge < -0.3 is 9.47 Å². The normalized spacial score (nSPS) is 10.6. The van der Waals surface area contributed by atoms with Crippen molar-refractivity contribution in [1.29, 1.82) is 0 Å². The minimum absolute atomic E-state index is 0.0506. The Labute approximate surface area is 142 Å². The van der Waals surface area contributed by atoms with Crippen LogP contribution in [0, 0.1) is 10.1 Å². The molecular weight excluding hydrogens is 326 g/mol. The predicted octanol–water partition coefficient (Wildman–Crippen LogP) is 2.95. The number of nitrogens with zero attached hydrogens (tertiary/aromatic N) is 3. The lowest BCUT2D eigenvalue weighted by molar-refractivity contribution is -0.385. The molecule has 0 amide bonds. The molecule has 128 valence electrons. The van der Waals surface area contributed by atoms with Crippen LogP contribution in [0.15, 0.2) is 48.8 Å². The number of hydrogen-bond acceptors (Lipinski definition) is 6. The fourth-order valence-corrected chi connectivity index (χ4v) is 2.35. The van der Waals surface area contributed by atoms with Crippen molar-refractivity contribution in [1.82, 2.24) is 9.78 Å². The third kappa shape index (κ3) is 3.92. The largest absolute Gasteiger partial charge is 0.497 e. The average Bonchev–Trinajstić information content (AvgIpc) is 3.08. The van der Waals surface area contributed by atoms with E-state index in [9.17, 15) is 14.9 Å². The number of aromatic nitrogens is 2. The highest BCUT2D eigenvalue weighted by Gasteiger charge is 2.11. The van der Waals surface area contributed by atoms with Gasteiger partial charge in [0.1, 0.15) is 23.9 Å². The van der Waals surface area contributed by atoms with Gasteiger partial charge >= 0.3 is 11.7 Å². The van der Waals surface area contributed by atoms with E-state index in [-0.39, 0.29) is 18.7 Å². The second kappa shape index (κ2) is 7.00. The fraction of sp³-hybridized carbons (Fsp3) is 0.176. The highest BCUT2D eigenvalue weighted by molar-refractivity contribution is 5.86. The molecule has 1 aromatic heterocycles. The van der Waals surface area contributed by atoms with E-state index in [1.165, 1.54) is 10.9 Å². The van der Waals surface area contributed by atoms with Gasteiger partial charge in [-0.3, -0.25) is 19.6 Å². The number of carbonyl (C=O) groups excluding carboxylic acids is 1. The maximum Gasteiger partial charge on any atom is 0.313 e. The summed E-state index contributed by atoms with van der Waals surface area (Å²) in [6, 6.07) is 11.0. The number of aryl methyl sites for hydroxylation is 1. The zero-order chi connectivity index (χ0) is 17.8. The molecule has 0 aliphatic carbocycles. The van der Waals surface area contributed by atoms with Gasteiger partial charge in [0.05, 0.1) is 25.0 Å². The van der Waals surface area contributed by atoms with E-state index in [1.807, 2.05) is 24.3 Å². The van der Waals surface area contributed by atoms with E-state index in [2.05, 4.69) is 5.10 Å². The molecule has 0 aliphatic heterocycles. The maximum absolute atomic E-state index is 12.0. The molecule has 0 radical (unpaired) electrons. The Kier molecular flexibility index (Phi) is 4.60. The van der Waals surface area contributed by atoms with E-state index in [0.29, 0.717) is 5.75 Å². The molecule has 0 unspecified atom stereocenters. The van der Waals surface area contributed by atoms with E-state index >= 15 is 0 Å². The minimum Gasteiger partial charge on any atom is -0.497 e. The van der Waals surface area contributed by atoms with Crippen LogP contribution in [0.4, 0.5) is 5.69 Å². The SMILES string of the molecule is COc1ccc2ccc(OC(=O)CCn3cc([N+](=O)[O-])cn3)cc2c1. The number of benzene rings is 2. The van der Waals surface area contributed by atoms with Crippen LogP contribution >= 0.6 is 0 Å². The Bertz CT molecular complexity index is 935. The Balaban J connectivity index is 1.63. The zero-order valence-electron chi connectivity index (χ0n) is 13.4. The first-order valence-corrected chi connectivity index (χ1v) is 7.50. The fourth-order valence-electron chi connectivity index (χ4n) is 2.35. The van der Waals surface area contributed by atoms with Gasteiger partial charge in [-0.05, 0) is 35.0 Å². The van der Waals surface area contributed by atoms with Gasteiger partial charge in [-0.2, -0.15) is 5.10 Å². The summed E-state index contributed by atoms with van der Waals surface area (Å²) in [5.41, 5.74) is -0.114. The number of ether oxygens (including phenoxy) is 2. The maximum atomic E-state index is 12.0. The summed E-state index contributed by atoms with van der Waals surface area (Å²) < 4.78 is 11.8. The lowest BCUT2D eigenvalue weighted by Crippen LogP contribution is -2.12. The number of nitro groups is 1. The lowest BCUT2D eigenvalue weighted by atomic mass is 10.1. The number of rotatable bonds is 6. The van der Waals surface area contributed by atoms with Crippen molar-refractivity contribution in [2.24, 2.45) is 0 Å². The molecule has 8 heteroatoms. The van der Waals surface area contributed by atoms with Gasteiger partial charge in [-0.1, -0.05) is 12.1 Å². The number of esters is 1. The van der Waals surface area contributed by atoms with Crippen LogP contribution in [0.5, 0.6) is 11.5 Å². The van der Waals surface area contributed by atoms with Crippen molar-refractivity contribution in [2.75, 3.05) is 7.11 Å². The number of hydrogen-bond donors (Lipinski definition) is 0. The van der Waals surface area contributed by atoms with Crippen LogP contribution in [0.2, 0.25) is 0 Å². The first-order chi connectivity index (χ1) is 12.0. The van der Waals surface area contributed by atoms with Gasteiger partial charge in [0.2, 0.25) is 0 Å². The van der Waals surface area contributed by atoms with Crippen LogP contribution in [0.25, 0.3) is 10.8 Å². The van der Waals surface area contributed by atoms with Crippen LogP contribution < -0.4 is 9.47 Å². The number of carbonyl (C=O) groups is 1. The second-order valence-electron chi connectivity index (χ2n) is 5.32. The molecule has 3 rings (SSSR count). The van der Waals surface area contributed by atoms with Crippen molar-refractivity contribution in [3.63, 3.8) is 0 Å². The van der Waals surface area contributed by atoms with Crippen LogP contribution in [-0.2, 0) is 11.3 Å². The Morgan fingerprint density at radius 1 is 1.20 bits per heavy atom. The van der Waals surface area contributed by atoms with E-state index in [1.54, 1.807) is 19.2 Å². The van der Waals surface area contributed by atoms with Crippen LogP contribution in [-0.4, -0.2) is 27.8 Å². The summed E-state index contributed by atoms with van der Waals surface area (Å²) >= 11 is 0. The predicted molar refractivity (Wildman–Crippen MR) is 89.6 cm³/mol. The zero-order valence-corrected chi connectivity index (χ0v) is 13.4. The van der Waals surface area contributed by atoms with Crippen molar-refractivity contribution in [3.05, 3.63) is 58.9 Å². The smallest absolute Gasteiger partial charge is 0.313 e. The summed E-state index contributed by atoms with van der Waals surface area (Å²) in [4.78, 5) is 22.0. The third-order valence-corrected chi connectivity index (χ3v) is 3.63. The molecule has 0 bridgehead atoms. The molecule has 8 nitrogen and oxygen atoms in total. The van der Waals surface area contributed by atoms with Crippen molar-refractivity contribution < 1.29 is 19.2 Å². The standard InChI is InChI=1S/C17H15N3O5/c1-24-15-4-2-12-3-5-16(9-13(12)8-15)25-17(21)6-7-19-11-14(10-18-19)20(22)23/h2-5,8-11H,6-7H2,1H3. The number of fused-ring (bicyclic) bond motifs is 1. The summed E-state index contributed by atoms with van der Waals surface area (Å²) in [7, 11) is 1.59. The van der Waals surface area contributed by atoms with Gasteiger partial charge in [0.15, 0.2) is 0 Å². The number of methoxy groups -OCH3 is 1. The van der Waals surface area contributed by atoms with E-state index in [0.717, 1.165) is 22.7 Å². The molecule has 0 saturated heterocycles. The molecule has 0 spiro atoms. The summed E-state index contributed by atoms with van der Waals surface area (Å²) in [5, 5.41) is 16.3. The highest BCUT2D eigenvalue weighted by atomic mass is 16.6. The third-order valence-electron chi connectivity index (χ3n) is 3.63. The molecule has 0 atom stereocenters. The summed E-state index contributed by atoms with van der Waals surface area (Å²) in [5.74, 6) is 0.703. The van der Waals surface area contributed by atoms with E-state index < -0.39 is 10.9 Å². The second-order valence-corrected chi connectivity index (χ2v) is 5.32. The van der Waals surface area contributed by atoms with Gasteiger partial charge in [-0.25, -0.2) is 0 Å². The molecular formula is C17H15N3O5. The quantitative estimate of drug-likeness (QED) is 0.296. The Hall–Kier alpha value is -3.42. The van der Waals surface area contributed by atoms with E-state index in [4.69, 9.17) is 9.47 Å². The molecule has 2 aromatic carbocycles. The Morgan fingerprint density at radius 2 is 1.92 bits per heavy atom. The first kappa shape index (κ1) is 16.4. The minimum atomic E-state index is -0.537. The first-order valence-electron chi connectivity index (χ1n) is 7.50. The van der Waals surface area contributed by atoms with Gasteiger partial charge in [0.25, 0.3) is 0 Å². The van der Waals surface area contributed by atoms with Gasteiger partial charge in [-0.15, -0.1) is 0 Å². The lowest BCUT2D eigenvalue weighted by Gasteiger charge is -2.07. The molecule has 0 N–H and O–H groups in total. The van der Waals surface area contributed by atoms with Gasteiger partial charge in [0, 0.05) is 0 Å². The molecule has 3 aromatic rings. The molecule has 25 heavy (non-hydrogen) atoms. The molecule has 0 saturated carbocycles. The van der Waals surface area contributed by atoms with Crippen molar-refractivity contribution >= 4 is 22.4 Å². The summed E-state index contributed by atoms with van der Waals surface area (Å²) in [6.07, 6.45) is 2.46. The van der Waals surface area contributed by atoms with Crippen LogP contribution in [0.3, 0.4) is 0 Å². The topological polar surface area (TPSA) is 96.5 Å². The monoisotopic (exact) mass is 341 g/mol. The van der Waals surface area contributed by atoms with Crippen LogP contribution in [0.1, 0.15) is 6.42 Å². The van der Waals surface area contributed by atoms with Crippen molar-refractivity contribution in [2.45, 2.75) is 13.0 Å². The molecule has 1 heterocycles. The molecule has 0 fully saturated rings. The highest BCUT2D eigenvalue weighted by Crippen LogP contribution is 2.25. The molecule has 0 aliphatic rings.